The highest BCUT2D eigenvalue weighted by molar-refractivity contribution is 6.30. The van der Waals surface area contributed by atoms with Crippen LogP contribution in [0.1, 0.15) is 49.4 Å². The minimum atomic E-state index is -0.723. The predicted molar refractivity (Wildman–Crippen MR) is 127 cm³/mol. The van der Waals surface area contributed by atoms with Crippen LogP contribution in [0.25, 0.3) is 5.65 Å². The van der Waals surface area contributed by atoms with E-state index >= 15 is 0 Å². The van der Waals surface area contributed by atoms with Gasteiger partial charge >= 0.3 is 0 Å². The molecule has 10 heteroatoms. The first-order valence-electron chi connectivity index (χ1n) is 11.0. The Kier molecular flexibility index (Phi) is 5.96. The largest absolute Gasteiger partial charge is 0.390 e. The molecule has 178 valence electrons. The molecule has 2 heterocycles. The fourth-order valence-corrected chi connectivity index (χ4v) is 4.44. The van der Waals surface area contributed by atoms with Gasteiger partial charge in [-0.3, -0.25) is 9.59 Å². The van der Waals surface area contributed by atoms with Crippen molar-refractivity contribution in [1.29, 1.82) is 0 Å². The number of hydrogen-bond donors (Lipinski definition) is 3. The Hall–Kier alpha value is -3.82. The maximum Gasteiger partial charge on any atom is 0.272 e. The monoisotopic (exact) mass is 493 g/mol. The molecule has 5 rings (SSSR count). The van der Waals surface area contributed by atoms with Crippen LogP contribution in [0.4, 0.5) is 4.39 Å². The Bertz CT molecular complexity index is 1470. The highest BCUT2D eigenvalue weighted by Gasteiger charge is 2.32. The fraction of sp³-hybridized carbons (Fsp3) is 0.200. The summed E-state index contributed by atoms with van der Waals surface area (Å²) in [7, 11) is 0. The molecule has 0 spiro atoms. The molecule has 1 aliphatic rings. The van der Waals surface area contributed by atoms with Crippen molar-refractivity contribution in [2.75, 3.05) is 0 Å². The standard InChI is InChI=1S/C25H21ClFN5O3/c1-13-8-19(24(34)28-12-14-6-7-18(27)17(26)9-14)29-22-11-20(31-32(13)22)25(35)30-23-16-5-3-2-4-15(16)10-21(23)33/h2-9,11,21,23,33H,10,12H2,1H3,(H,28,34)(H,30,35). The van der Waals surface area contributed by atoms with E-state index in [0.717, 1.165) is 11.1 Å². The van der Waals surface area contributed by atoms with Gasteiger partial charge in [-0.05, 0) is 41.8 Å². The van der Waals surface area contributed by atoms with E-state index in [1.807, 2.05) is 24.3 Å². The molecule has 3 N–H and O–H groups in total. The third-order valence-electron chi connectivity index (χ3n) is 6.00. The lowest BCUT2D eigenvalue weighted by molar-refractivity contribution is 0.0852. The second-order valence-electron chi connectivity index (χ2n) is 8.43. The molecular formula is C25H21ClFN5O3. The van der Waals surface area contributed by atoms with Crippen molar-refractivity contribution >= 4 is 29.1 Å². The Morgan fingerprint density at radius 3 is 2.74 bits per heavy atom. The lowest BCUT2D eigenvalue weighted by Crippen LogP contribution is -2.34. The Morgan fingerprint density at radius 2 is 1.94 bits per heavy atom. The molecule has 2 aromatic carbocycles. The van der Waals surface area contributed by atoms with Gasteiger partial charge < -0.3 is 15.7 Å². The summed E-state index contributed by atoms with van der Waals surface area (Å²) in [6, 6.07) is 14.3. The lowest BCUT2D eigenvalue weighted by atomic mass is 10.1. The lowest BCUT2D eigenvalue weighted by Gasteiger charge is -2.17. The van der Waals surface area contributed by atoms with E-state index in [1.165, 1.54) is 28.8 Å². The van der Waals surface area contributed by atoms with Crippen LogP contribution in [0.15, 0.2) is 54.6 Å². The van der Waals surface area contributed by atoms with Crippen molar-refractivity contribution in [2.24, 2.45) is 0 Å². The average molecular weight is 494 g/mol. The molecule has 2 unspecified atom stereocenters. The van der Waals surface area contributed by atoms with Crippen molar-refractivity contribution in [3.63, 3.8) is 0 Å². The number of rotatable bonds is 5. The number of nitrogens with one attached hydrogen (secondary N) is 2. The van der Waals surface area contributed by atoms with Crippen LogP contribution in [0.5, 0.6) is 0 Å². The maximum atomic E-state index is 13.3. The van der Waals surface area contributed by atoms with Crippen LogP contribution in [-0.4, -0.2) is 37.6 Å². The summed E-state index contributed by atoms with van der Waals surface area (Å²) in [5.74, 6) is -1.42. The second-order valence-corrected chi connectivity index (χ2v) is 8.84. The number of aliphatic hydroxyl groups is 1. The van der Waals surface area contributed by atoms with Crippen molar-refractivity contribution in [3.8, 4) is 0 Å². The third kappa shape index (κ3) is 4.48. The van der Waals surface area contributed by atoms with Crippen LogP contribution in [0.3, 0.4) is 0 Å². The predicted octanol–water partition coefficient (Wildman–Crippen LogP) is 3.15. The van der Waals surface area contributed by atoms with Gasteiger partial charge in [0.05, 0.1) is 17.2 Å². The summed E-state index contributed by atoms with van der Waals surface area (Å²) in [6.45, 7) is 1.89. The smallest absolute Gasteiger partial charge is 0.272 e. The molecule has 0 bridgehead atoms. The summed E-state index contributed by atoms with van der Waals surface area (Å²) < 4.78 is 14.8. The SMILES string of the molecule is Cc1cc(C(=O)NCc2ccc(F)c(Cl)c2)nc2cc(C(=O)NC3c4ccccc4CC3O)nn12. The molecule has 0 aliphatic heterocycles. The van der Waals surface area contributed by atoms with Crippen LogP contribution in [0.2, 0.25) is 5.02 Å². The van der Waals surface area contributed by atoms with Crippen molar-refractivity contribution in [3.05, 3.63) is 99.2 Å². The van der Waals surface area contributed by atoms with Crippen LogP contribution < -0.4 is 10.6 Å². The highest BCUT2D eigenvalue weighted by Crippen LogP contribution is 2.31. The molecule has 35 heavy (non-hydrogen) atoms. The van der Waals surface area contributed by atoms with Gasteiger partial charge in [-0.2, -0.15) is 5.10 Å². The molecule has 8 nitrogen and oxygen atoms in total. The summed E-state index contributed by atoms with van der Waals surface area (Å²) >= 11 is 5.79. The Balaban J connectivity index is 1.33. The number of nitrogens with zero attached hydrogens (tertiary/aromatic N) is 3. The number of benzene rings is 2. The van der Waals surface area contributed by atoms with Crippen LogP contribution in [-0.2, 0) is 13.0 Å². The van der Waals surface area contributed by atoms with E-state index in [4.69, 9.17) is 11.6 Å². The number of carbonyl (C=O) groups is 2. The minimum absolute atomic E-state index is 0.0224. The number of carbonyl (C=O) groups excluding carboxylic acids is 2. The molecule has 0 saturated heterocycles. The van der Waals surface area contributed by atoms with Gasteiger partial charge in [0.1, 0.15) is 11.5 Å². The van der Waals surface area contributed by atoms with Gasteiger partial charge in [-0.15, -0.1) is 0 Å². The topological polar surface area (TPSA) is 109 Å². The Morgan fingerprint density at radius 1 is 1.14 bits per heavy atom. The van der Waals surface area contributed by atoms with E-state index in [2.05, 4.69) is 20.7 Å². The number of aryl methyl sites for hydroxylation is 1. The van der Waals surface area contributed by atoms with Gasteiger partial charge in [0, 0.05) is 24.7 Å². The summed E-state index contributed by atoms with van der Waals surface area (Å²) in [4.78, 5) is 29.9. The molecular weight excluding hydrogens is 473 g/mol. The third-order valence-corrected chi connectivity index (χ3v) is 6.29. The molecule has 2 atom stereocenters. The van der Waals surface area contributed by atoms with E-state index in [9.17, 15) is 19.1 Å². The molecule has 0 saturated carbocycles. The zero-order valence-electron chi connectivity index (χ0n) is 18.6. The number of amides is 2. The number of halogens is 2. The van der Waals surface area contributed by atoms with E-state index in [0.29, 0.717) is 23.3 Å². The average Bonchev–Trinajstić information content (AvgIpc) is 3.41. The van der Waals surface area contributed by atoms with E-state index in [-0.39, 0.29) is 23.0 Å². The first-order chi connectivity index (χ1) is 16.8. The second kappa shape index (κ2) is 9.09. The first-order valence-corrected chi connectivity index (χ1v) is 11.3. The van der Waals surface area contributed by atoms with Crippen molar-refractivity contribution in [2.45, 2.75) is 32.0 Å². The fourth-order valence-electron chi connectivity index (χ4n) is 4.24. The quantitative estimate of drug-likeness (QED) is 0.396. The number of hydrogen-bond acceptors (Lipinski definition) is 5. The molecule has 4 aromatic rings. The maximum absolute atomic E-state index is 13.3. The van der Waals surface area contributed by atoms with Gasteiger partial charge in [-0.1, -0.05) is 41.9 Å². The number of aromatic nitrogens is 3. The summed E-state index contributed by atoms with van der Waals surface area (Å²) in [6.07, 6.45) is -0.255. The highest BCUT2D eigenvalue weighted by atomic mass is 35.5. The summed E-state index contributed by atoms with van der Waals surface area (Å²) in [5.41, 5.74) is 3.73. The summed E-state index contributed by atoms with van der Waals surface area (Å²) in [5, 5.41) is 20.3. The van der Waals surface area contributed by atoms with Gasteiger partial charge in [-0.25, -0.2) is 13.9 Å². The van der Waals surface area contributed by atoms with Gasteiger partial charge in [0.25, 0.3) is 11.8 Å². The molecule has 2 amide bonds. The van der Waals surface area contributed by atoms with E-state index < -0.39 is 29.8 Å². The van der Waals surface area contributed by atoms with Crippen LogP contribution >= 0.6 is 11.6 Å². The van der Waals surface area contributed by atoms with Gasteiger partial charge in [0.15, 0.2) is 11.3 Å². The molecule has 0 radical (unpaired) electrons. The zero-order valence-corrected chi connectivity index (χ0v) is 19.4. The minimum Gasteiger partial charge on any atom is -0.390 e. The molecule has 2 aromatic heterocycles. The molecule has 0 fully saturated rings. The van der Waals surface area contributed by atoms with Crippen molar-refractivity contribution in [1.82, 2.24) is 25.2 Å². The van der Waals surface area contributed by atoms with Crippen LogP contribution in [0, 0.1) is 12.7 Å². The Labute approximate surface area is 204 Å². The first kappa shape index (κ1) is 22.9. The van der Waals surface area contributed by atoms with Gasteiger partial charge in [0.2, 0.25) is 0 Å². The zero-order chi connectivity index (χ0) is 24.7. The number of aliphatic hydroxyl groups excluding tert-OH is 1. The van der Waals surface area contributed by atoms with Crippen molar-refractivity contribution < 1.29 is 19.1 Å². The number of fused-ring (bicyclic) bond motifs is 2. The van der Waals surface area contributed by atoms with E-state index in [1.54, 1.807) is 13.0 Å². The normalized spacial score (nSPS) is 16.8. The molecule has 1 aliphatic carbocycles.